The van der Waals surface area contributed by atoms with Crippen molar-refractivity contribution in [3.8, 4) is 5.75 Å². The first kappa shape index (κ1) is 18.4. The van der Waals surface area contributed by atoms with Gasteiger partial charge >= 0.3 is 0 Å². The lowest BCUT2D eigenvalue weighted by Crippen LogP contribution is -2.50. The number of hydrogen-bond acceptors (Lipinski definition) is 3. The Morgan fingerprint density at radius 3 is 2.21 bits per heavy atom. The van der Waals surface area contributed by atoms with Gasteiger partial charge in [0.05, 0.1) is 7.11 Å². The van der Waals surface area contributed by atoms with Crippen molar-refractivity contribution in [3.63, 3.8) is 0 Å². The summed E-state index contributed by atoms with van der Waals surface area (Å²) in [6.45, 7) is 2.00. The zero-order chi connectivity index (χ0) is 19.7. The van der Waals surface area contributed by atoms with Crippen molar-refractivity contribution in [3.05, 3.63) is 64.8 Å². The number of aromatic nitrogens is 1. The van der Waals surface area contributed by atoms with Crippen LogP contribution in [0.5, 0.6) is 5.75 Å². The molecule has 2 aromatic carbocycles. The van der Waals surface area contributed by atoms with Crippen molar-refractivity contribution in [1.29, 1.82) is 0 Å². The fourth-order valence-corrected chi connectivity index (χ4v) is 3.60. The Balaban J connectivity index is 1.41. The fraction of sp³-hybridized carbons (Fsp3) is 0.238. The van der Waals surface area contributed by atoms with Gasteiger partial charge in [0.1, 0.15) is 11.4 Å². The number of amides is 2. The second kappa shape index (κ2) is 7.56. The molecule has 0 unspecified atom stereocenters. The molecule has 0 atom stereocenters. The van der Waals surface area contributed by atoms with Crippen molar-refractivity contribution in [2.45, 2.75) is 0 Å². The second-order valence-corrected chi connectivity index (χ2v) is 7.16. The van der Waals surface area contributed by atoms with Crippen LogP contribution in [0.2, 0.25) is 5.02 Å². The van der Waals surface area contributed by atoms with E-state index in [2.05, 4.69) is 4.98 Å². The van der Waals surface area contributed by atoms with Crippen LogP contribution in [0.15, 0.2) is 48.5 Å². The minimum Gasteiger partial charge on any atom is -0.497 e. The Hall–Kier alpha value is -2.99. The fourth-order valence-electron chi connectivity index (χ4n) is 3.42. The molecule has 2 heterocycles. The molecular formula is C21H20ClN3O3. The van der Waals surface area contributed by atoms with Crippen LogP contribution in [0.4, 0.5) is 0 Å². The highest BCUT2D eigenvalue weighted by molar-refractivity contribution is 6.31. The molecule has 0 spiro atoms. The van der Waals surface area contributed by atoms with Gasteiger partial charge in [0, 0.05) is 47.7 Å². The van der Waals surface area contributed by atoms with Crippen molar-refractivity contribution in [2.24, 2.45) is 0 Å². The van der Waals surface area contributed by atoms with E-state index in [4.69, 9.17) is 16.3 Å². The molecule has 144 valence electrons. The SMILES string of the molecule is COc1ccc(C(=O)N2CCN(C(=O)c3cc4cc(Cl)ccc4[nH]3)CC2)cc1. The number of hydrogen-bond donors (Lipinski definition) is 1. The summed E-state index contributed by atoms with van der Waals surface area (Å²) in [7, 11) is 1.59. The predicted octanol–water partition coefficient (Wildman–Crippen LogP) is 3.43. The van der Waals surface area contributed by atoms with E-state index in [-0.39, 0.29) is 11.8 Å². The van der Waals surface area contributed by atoms with Gasteiger partial charge in [-0.2, -0.15) is 0 Å². The van der Waals surface area contributed by atoms with Gasteiger partial charge in [0.25, 0.3) is 11.8 Å². The third-order valence-corrected chi connectivity index (χ3v) is 5.24. The summed E-state index contributed by atoms with van der Waals surface area (Å²) < 4.78 is 5.13. The third-order valence-electron chi connectivity index (χ3n) is 5.00. The molecule has 6 nitrogen and oxygen atoms in total. The van der Waals surface area contributed by atoms with E-state index in [9.17, 15) is 9.59 Å². The van der Waals surface area contributed by atoms with Gasteiger partial charge in [-0.1, -0.05) is 11.6 Å². The van der Waals surface area contributed by atoms with E-state index >= 15 is 0 Å². The summed E-state index contributed by atoms with van der Waals surface area (Å²) in [6.07, 6.45) is 0. The highest BCUT2D eigenvalue weighted by Gasteiger charge is 2.26. The lowest BCUT2D eigenvalue weighted by molar-refractivity contribution is 0.0533. The minimum absolute atomic E-state index is 0.0324. The molecule has 0 saturated carbocycles. The van der Waals surface area contributed by atoms with E-state index in [0.29, 0.717) is 48.2 Å². The molecule has 0 radical (unpaired) electrons. The number of benzene rings is 2. The largest absolute Gasteiger partial charge is 0.497 e. The number of fused-ring (bicyclic) bond motifs is 1. The summed E-state index contributed by atoms with van der Waals surface area (Å²) >= 11 is 6.02. The average Bonchev–Trinajstić information content (AvgIpc) is 3.16. The number of aromatic amines is 1. The third kappa shape index (κ3) is 3.55. The maximum atomic E-state index is 12.8. The van der Waals surface area contributed by atoms with Crippen LogP contribution in [0.3, 0.4) is 0 Å². The first-order valence-electron chi connectivity index (χ1n) is 9.06. The van der Waals surface area contributed by atoms with Crippen LogP contribution in [-0.4, -0.2) is 59.9 Å². The Labute approximate surface area is 167 Å². The molecule has 4 rings (SSSR count). The van der Waals surface area contributed by atoms with E-state index in [1.54, 1.807) is 47.2 Å². The molecule has 1 fully saturated rings. The molecule has 1 aromatic heterocycles. The van der Waals surface area contributed by atoms with Gasteiger partial charge in [0.15, 0.2) is 0 Å². The highest BCUT2D eigenvalue weighted by Crippen LogP contribution is 2.21. The van der Waals surface area contributed by atoms with Crippen molar-refractivity contribution >= 4 is 34.3 Å². The summed E-state index contributed by atoms with van der Waals surface area (Å²) in [4.78, 5) is 32.2. The van der Waals surface area contributed by atoms with Crippen LogP contribution in [-0.2, 0) is 0 Å². The van der Waals surface area contributed by atoms with E-state index in [0.717, 1.165) is 10.9 Å². The number of halogens is 1. The molecule has 0 bridgehead atoms. The van der Waals surface area contributed by atoms with E-state index < -0.39 is 0 Å². The van der Waals surface area contributed by atoms with Crippen LogP contribution in [0.1, 0.15) is 20.8 Å². The first-order valence-corrected chi connectivity index (χ1v) is 9.44. The number of nitrogens with one attached hydrogen (secondary N) is 1. The maximum Gasteiger partial charge on any atom is 0.270 e. The van der Waals surface area contributed by atoms with Gasteiger partial charge in [-0.3, -0.25) is 9.59 Å². The number of piperazine rings is 1. The van der Waals surface area contributed by atoms with Crippen molar-refractivity contribution < 1.29 is 14.3 Å². The monoisotopic (exact) mass is 397 g/mol. The van der Waals surface area contributed by atoms with Crippen LogP contribution in [0, 0.1) is 0 Å². The molecule has 1 N–H and O–H groups in total. The van der Waals surface area contributed by atoms with Gasteiger partial charge in [-0.15, -0.1) is 0 Å². The summed E-state index contributed by atoms with van der Waals surface area (Å²) in [5.41, 5.74) is 2.03. The number of rotatable bonds is 3. The minimum atomic E-state index is -0.0659. The van der Waals surface area contributed by atoms with Crippen LogP contribution in [0.25, 0.3) is 10.9 Å². The molecule has 1 saturated heterocycles. The number of nitrogens with zero attached hydrogens (tertiary/aromatic N) is 2. The molecule has 1 aliphatic heterocycles. The number of H-pyrrole nitrogens is 1. The normalized spacial score (nSPS) is 14.4. The summed E-state index contributed by atoms with van der Waals surface area (Å²) in [5, 5.41) is 1.54. The van der Waals surface area contributed by atoms with Crippen molar-refractivity contribution in [1.82, 2.24) is 14.8 Å². The predicted molar refractivity (Wildman–Crippen MR) is 108 cm³/mol. The Morgan fingerprint density at radius 1 is 0.929 bits per heavy atom. The molecular weight excluding hydrogens is 378 g/mol. The molecule has 7 heteroatoms. The Morgan fingerprint density at radius 2 is 1.57 bits per heavy atom. The van der Waals surface area contributed by atoms with Gasteiger partial charge in [-0.25, -0.2) is 0 Å². The maximum absolute atomic E-state index is 12.8. The smallest absolute Gasteiger partial charge is 0.270 e. The van der Waals surface area contributed by atoms with Gasteiger partial charge in [0.2, 0.25) is 0 Å². The lowest BCUT2D eigenvalue weighted by atomic mass is 10.1. The van der Waals surface area contributed by atoms with E-state index in [1.165, 1.54) is 0 Å². The Bertz CT molecular complexity index is 1020. The molecule has 2 amide bonds. The number of carbonyl (C=O) groups is 2. The number of ether oxygens (including phenoxy) is 1. The molecule has 28 heavy (non-hydrogen) atoms. The molecule has 3 aromatic rings. The highest BCUT2D eigenvalue weighted by atomic mass is 35.5. The van der Waals surface area contributed by atoms with Crippen molar-refractivity contribution in [2.75, 3.05) is 33.3 Å². The lowest BCUT2D eigenvalue weighted by Gasteiger charge is -2.34. The topological polar surface area (TPSA) is 65.6 Å². The quantitative estimate of drug-likeness (QED) is 0.736. The average molecular weight is 398 g/mol. The standard InChI is InChI=1S/C21H20ClN3O3/c1-28-17-5-2-14(3-6-17)20(26)24-8-10-25(11-9-24)21(27)19-13-15-12-16(22)4-7-18(15)23-19/h2-7,12-13,23H,8-11H2,1H3. The zero-order valence-electron chi connectivity index (χ0n) is 15.4. The molecule has 0 aliphatic carbocycles. The zero-order valence-corrected chi connectivity index (χ0v) is 16.2. The van der Waals surface area contributed by atoms with Crippen LogP contribution >= 0.6 is 11.6 Å². The van der Waals surface area contributed by atoms with Gasteiger partial charge < -0.3 is 19.5 Å². The Kier molecular flexibility index (Phi) is 4.96. The number of carbonyl (C=O) groups excluding carboxylic acids is 2. The summed E-state index contributed by atoms with van der Waals surface area (Å²) in [6, 6.07) is 14.4. The first-order chi connectivity index (χ1) is 13.5. The summed E-state index contributed by atoms with van der Waals surface area (Å²) in [5.74, 6) is 0.616. The number of methoxy groups -OCH3 is 1. The second-order valence-electron chi connectivity index (χ2n) is 6.73. The molecule has 1 aliphatic rings. The van der Waals surface area contributed by atoms with Gasteiger partial charge in [-0.05, 0) is 48.5 Å². The van der Waals surface area contributed by atoms with E-state index in [1.807, 2.05) is 18.2 Å². The van der Waals surface area contributed by atoms with Crippen LogP contribution < -0.4 is 4.74 Å².